The molecule has 1 atom stereocenters. The molecule has 2 nitrogen and oxygen atoms in total. The lowest BCUT2D eigenvalue weighted by atomic mass is 9.91. The maximum absolute atomic E-state index is 13.6. The van der Waals surface area contributed by atoms with E-state index in [1.54, 1.807) is 6.07 Å². The SMILES string of the molecule is CCOc1ccc(F)cc1C(CN)Cc1cccc(C)c1. The Kier molecular flexibility index (Phi) is 5.34. The molecule has 0 aliphatic heterocycles. The Bertz CT molecular complexity index is 598. The van der Waals surface area contributed by atoms with Gasteiger partial charge in [0.25, 0.3) is 0 Å². The summed E-state index contributed by atoms with van der Waals surface area (Å²) in [5.74, 6) is 0.516. The third-order valence-electron chi connectivity index (χ3n) is 3.56. The van der Waals surface area contributed by atoms with Gasteiger partial charge >= 0.3 is 0 Å². The van der Waals surface area contributed by atoms with E-state index >= 15 is 0 Å². The summed E-state index contributed by atoms with van der Waals surface area (Å²) in [7, 11) is 0. The maximum Gasteiger partial charge on any atom is 0.123 e. The number of benzene rings is 2. The van der Waals surface area contributed by atoms with Crippen LogP contribution in [0.2, 0.25) is 0 Å². The van der Waals surface area contributed by atoms with Crippen LogP contribution in [-0.2, 0) is 6.42 Å². The van der Waals surface area contributed by atoms with Crippen molar-refractivity contribution in [1.29, 1.82) is 0 Å². The molecule has 1 unspecified atom stereocenters. The molecule has 0 radical (unpaired) electrons. The zero-order valence-corrected chi connectivity index (χ0v) is 12.6. The summed E-state index contributed by atoms with van der Waals surface area (Å²) < 4.78 is 19.2. The highest BCUT2D eigenvalue weighted by Gasteiger charge is 2.17. The fraction of sp³-hybridized carbons (Fsp3) is 0.333. The Morgan fingerprint density at radius 3 is 2.67 bits per heavy atom. The van der Waals surface area contributed by atoms with Crippen LogP contribution in [0.3, 0.4) is 0 Å². The molecule has 2 aromatic rings. The van der Waals surface area contributed by atoms with E-state index < -0.39 is 0 Å². The molecule has 0 saturated heterocycles. The van der Waals surface area contributed by atoms with Crippen LogP contribution in [0.15, 0.2) is 42.5 Å². The van der Waals surface area contributed by atoms with Crippen LogP contribution in [0.4, 0.5) is 4.39 Å². The highest BCUT2D eigenvalue weighted by atomic mass is 19.1. The number of ether oxygens (including phenoxy) is 1. The minimum Gasteiger partial charge on any atom is -0.494 e. The van der Waals surface area contributed by atoms with Gasteiger partial charge in [0.15, 0.2) is 0 Å². The lowest BCUT2D eigenvalue weighted by molar-refractivity contribution is 0.333. The predicted octanol–water partition coefficient (Wildman–Crippen LogP) is 3.82. The van der Waals surface area contributed by atoms with Gasteiger partial charge in [0, 0.05) is 11.5 Å². The minimum absolute atomic E-state index is 0.0454. The second-order valence-corrected chi connectivity index (χ2v) is 5.24. The van der Waals surface area contributed by atoms with Gasteiger partial charge in [-0.15, -0.1) is 0 Å². The molecule has 0 bridgehead atoms. The van der Waals surface area contributed by atoms with E-state index in [9.17, 15) is 4.39 Å². The zero-order valence-electron chi connectivity index (χ0n) is 12.6. The standard InChI is InChI=1S/C18H22FNO/c1-3-21-18-8-7-16(19)11-17(18)15(12-20)10-14-6-4-5-13(2)9-14/h4-9,11,15H,3,10,12,20H2,1-2H3. The van der Waals surface area contributed by atoms with Crippen molar-refractivity contribution < 1.29 is 9.13 Å². The van der Waals surface area contributed by atoms with Crippen LogP contribution in [-0.4, -0.2) is 13.2 Å². The first kappa shape index (κ1) is 15.5. The van der Waals surface area contributed by atoms with Gasteiger partial charge in [-0.25, -0.2) is 4.39 Å². The summed E-state index contributed by atoms with van der Waals surface area (Å²) in [4.78, 5) is 0. The molecule has 0 heterocycles. The molecule has 0 aromatic heterocycles. The van der Waals surface area contributed by atoms with E-state index in [0.717, 1.165) is 17.7 Å². The van der Waals surface area contributed by atoms with Gasteiger partial charge in [-0.1, -0.05) is 29.8 Å². The van der Waals surface area contributed by atoms with Crippen LogP contribution in [0.1, 0.15) is 29.5 Å². The third-order valence-corrected chi connectivity index (χ3v) is 3.56. The molecular formula is C18H22FNO. The molecule has 0 saturated carbocycles. The predicted molar refractivity (Wildman–Crippen MR) is 84.2 cm³/mol. The number of hydrogen-bond acceptors (Lipinski definition) is 2. The summed E-state index contributed by atoms with van der Waals surface area (Å²) in [6, 6.07) is 13.0. The topological polar surface area (TPSA) is 35.2 Å². The van der Waals surface area contributed by atoms with Gasteiger partial charge in [-0.3, -0.25) is 0 Å². The number of rotatable bonds is 6. The fourth-order valence-electron chi connectivity index (χ4n) is 2.57. The van der Waals surface area contributed by atoms with Crippen molar-refractivity contribution in [1.82, 2.24) is 0 Å². The van der Waals surface area contributed by atoms with Crippen LogP contribution < -0.4 is 10.5 Å². The average Bonchev–Trinajstić information content (AvgIpc) is 2.47. The molecule has 3 heteroatoms. The second kappa shape index (κ2) is 7.23. The number of nitrogens with two attached hydrogens (primary N) is 1. The van der Waals surface area contributed by atoms with Crippen LogP contribution in [0, 0.1) is 12.7 Å². The van der Waals surface area contributed by atoms with Crippen molar-refractivity contribution in [2.45, 2.75) is 26.2 Å². The van der Waals surface area contributed by atoms with Gasteiger partial charge in [0.1, 0.15) is 11.6 Å². The maximum atomic E-state index is 13.6. The molecular weight excluding hydrogens is 265 g/mol. The molecule has 2 aromatic carbocycles. The van der Waals surface area contributed by atoms with E-state index in [2.05, 4.69) is 25.1 Å². The van der Waals surface area contributed by atoms with Crippen molar-refractivity contribution in [3.05, 3.63) is 65.0 Å². The Balaban J connectivity index is 2.30. The van der Waals surface area contributed by atoms with Crippen molar-refractivity contribution in [3.8, 4) is 5.75 Å². The monoisotopic (exact) mass is 287 g/mol. The Hall–Kier alpha value is -1.87. The van der Waals surface area contributed by atoms with Crippen LogP contribution >= 0.6 is 0 Å². The average molecular weight is 287 g/mol. The Morgan fingerprint density at radius 1 is 1.19 bits per heavy atom. The van der Waals surface area contributed by atoms with E-state index in [0.29, 0.717) is 13.2 Å². The second-order valence-electron chi connectivity index (χ2n) is 5.24. The van der Waals surface area contributed by atoms with Crippen molar-refractivity contribution in [2.24, 2.45) is 5.73 Å². The van der Waals surface area contributed by atoms with Crippen LogP contribution in [0.5, 0.6) is 5.75 Å². The lowest BCUT2D eigenvalue weighted by Gasteiger charge is -2.19. The first-order valence-electron chi connectivity index (χ1n) is 7.32. The quantitative estimate of drug-likeness (QED) is 0.876. The number of hydrogen-bond donors (Lipinski definition) is 1. The molecule has 21 heavy (non-hydrogen) atoms. The van der Waals surface area contributed by atoms with Gasteiger partial charge < -0.3 is 10.5 Å². The van der Waals surface area contributed by atoms with Crippen molar-refractivity contribution in [3.63, 3.8) is 0 Å². The summed E-state index contributed by atoms with van der Waals surface area (Å²) >= 11 is 0. The van der Waals surface area contributed by atoms with Gasteiger partial charge in [-0.05, 0) is 50.6 Å². The molecule has 0 aliphatic rings. The smallest absolute Gasteiger partial charge is 0.123 e. The van der Waals surface area contributed by atoms with Crippen molar-refractivity contribution >= 4 is 0 Å². The number of halogens is 1. The van der Waals surface area contributed by atoms with Gasteiger partial charge in [-0.2, -0.15) is 0 Å². The summed E-state index contributed by atoms with van der Waals surface area (Å²) in [5, 5.41) is 0. The Labute approximate surface area is 125 Å². The van der Waals surface area contributed by atoms with Gasteiger partial charge in [0.2, 0.25) is 0 Å². The van der Waals surface area contributed by atoms with E-state index in [1.165, 1.54) is 23.3 Å². The van der Waals surface area contributed by atoms with E-state index in [-0.39, 0.29) is 11.7 Å². The van der Waals surface area contributed by atoms with E-state index in [1.807, 2.05) is 13.0 Å². The molecule has 112 valence electrons. The zero-order chi connectivity index (χ0) is 15.2. The normalized spacial score (nSPS) is 12.2. The van der Waals surface area contributed by atoms with Gasteiger partial charge in [0.05, 0.1) is 6.61 Å². The molecule has 0 amide bonds. The lowest BCUT2D eigenvalue weighted by Crippen LogP contribution is -2.16. The summed E-state index contributed by atoms with van der Waals surface area (Å²) in [6.45, 7) is 5.00. The third kappa shape index (κ3) is 4.05. The van der Waals surface area contributed by atoms with Crippen molar-refractivity contribution in [2.75, 3.05) is 13.2 Å². The first-order valence-corrected chi connectivity index (χ1v) is 7.32. The summed E-state index contributed by atoms with van der Waals surface area (Å²) in [6.07, 6.45) is 0.779. The molecule has 2 rings (SSSR count). The Morgan fingerprint density at radius 2 is 2.00 bits per heavy atom. The molecule has 0 spiro atoms. The first-order chi connectivity index (χ1) is 10.1. The summed E-state index contributed by atoms with van der Waals surface area (Å²) in [5.41, 5.74) is 9.20. The highest BCUT2D eigenvalue weighted by molar-refractivity contribution is 5.38. The fourth-order valence-corrected chi connectivity index (χ4v) is 2.57. The minimum atomic E-state index is -0.254. The largest absolute Gasteiger partial charge is 0.494 e. The van der Waals surface area contributed by atoms with Crippen LogP contribution in [0.25, 0.3) is 0 Å². The highest BCUT2D eigenvalue weighted by Crippen LogP contribution is 2.30. The van der Waals surface area contributed by atoms with E-state index in [4.69, 9.17) is 10.5 Å². The molecule has 2 N–H and O–H groups in total. The molecule has 0 aliphatic carbocycles. The number of aryl methyl sites for hydroxylation is 1. The molecule has 0 fully saturated rings.